The van der Waals surface area contributed by atoms with Gasteiger partial charge in [-0.2, -0.15) is 0 Å². The van der Waals surface area contributed by atoms with Crippen LogP contribution in [-0.4, -0.2) is 55.6 Å². The van der Waals surface area contributed by atoms with Crippen LogP contribution >= 0.6 is 0 Å². The molecule has 0 aromatic heterocycles. The number of piperidine rings is 1. The molecular formula is C18H29N3. The van der Waals surface area contributed by atoms with Crippen molar-refractivity contribution >= 4 is 0 Å². The van der Waals surface area contributed by atoms with Crippen molar-refractivity contribution in [3.05, 3.63) is 35.9 Å². The van der Waals surface area contributed by atoms with E-state index in [2.05, 4.69) is 66.6 Å². The van der Waals surface area contributed by atoms with Gasteiger partial charge in [0.15, 0.2) is 0 Å². The first kappa shape index (κ1) is 15.0. The molecule has 21 heavy (non-hydrogen) atoms. The molecule has 0 saturated carbocycles. The molecule has 3 atom stereocenters. The Kier molecular flexibility index (Phi) is 4.63. The Hall–Kier alpha value is -0.900. The molecule has 2 saturated heterocycles. The summed E-state index contributed by atoms with van der Waals surface area (Å²) in [5, 5.41) is 3.96. The fraction of sp³-hybridized carbons (Fsp3) is 0.667. The average molecular weight is 287 g/mol. The third-order valence-corrected chi connectivity index (χ3v) is 5.28. The van der Waals surface area contributed by atoms with Crippen molar-refractivity contribution in [3.63, 3.8) is 0 Å². The van der Waals surface area contributed by atoms with Crippen LogP contribution in [0.2, 0.25) is 0 Å². The molecule has 3 heteroatoms. The van der Waals surface area contributed by atoms with E-state index in [4.69, 9.17) is 0 Å². The SMILES string of the molecule is CN(C)CC(NC1CC2CCC(C1)N2C)c1ccccc1. The lowest BCUT2D eigenvalue weighted by atomic mass is 9.95. The minimum atomic E-state index is 0.439. The highest BCUT2D eigenvalue weighted by Crippen LogP contribution is 2.35. The topological polar surface area (TPSA) is 18.5 Å². The quantitative estimate of drug-likeness (QED) is 0.898. The second-order valence-electron chi connectivity index (χ2n) is 7.11. The summed E-state index contributed by atoms with van der Waals surface area (Å²) < 4.78 is 0. The van der Waals surface area contributed by atoms with Crippen LogP contribution in [0.15, 0.2) is 30.3 Å². The van der Waals surface area contributed by atoms with Crippen LogP contribution in [0, 0.1) is 0 Å². The summed E-state index contributed by atoms with van der Waals surface area (Å²) in [6.07, 6.45) is 5.40. The Morgan fingerprint density at radius 1 is 1.14 bits per heavy atom. The van der Waals surface area contributed by atoms with Gasteiger partial charge < -0.3 is 15.1 Å². The predicted molar refractivity (Wildman–Crippen MR) is 88.5 cm³/mol. The predicted octanol–water partition coefficient (Wildman–Crippen LogP) is 2.50. The van der Waals surface area contributed by atoms with Gasteiger partial charge >= 0.3 is 0 Å². The second-order valence-corrected chi connectivity index (χ2v) is 7.11. The first-order valence-electron chi connectivity index (χ1n) is 8.31. The molecule has 3 rings (SSSR count). The Bertz CT molecular complexity index is 431. The average Bonchev–Trinajstić information content (AvgIpc) is 2.70. The number of fused-ring (bicyclic) bond motifs is 2. The lowest BCUT2D eigenvalue weighted by Gasteiger charge is -2.39. The van der Waals surface area contributed by atoms with Crippen LogP contribution in [0.5, 0.6) is 0 Å². The van der Waals surface area contributed by atoms with Crippen LogP contribution in [-0.2, 0) is 0 Å². The molecule has 1 aromatic rings. The highest BCUT2D eigenvalue weighted by molar-refractivity contribution is 5.19. The fourth-order valence-corrected chi connectivity index (χ4v) is 4.14. The van der Waals surface area contributed by atoms with Crippen molar-refractivity contribution in [2.45, 2.75) is 49.9 Å². The molecule has 2 bridgehead atoms. The molecule has 3 nitrogen and oxygen atoms in total. The molecule has 0 aliphatic carbocycles. The van der Waals surface area contributed by atoms with Gasteiger partial charge in [0.1, 0.15) is 0 Å². The molecule has 2 heterocycles. The van der Waals surface area contributed by atoms with Gasteiger partial charge in [-0.25, -0.2) is 0 Å². The van der Waals surface area contributed by atoms with E-state index in [-0.39, 0.29) is 0 Å². The second kappa shape index (κ2) is 6.47. The highest BCUT2D eigenvalue weighted by atomic mass is 15.2. The van der Waals surface area contributed by atoms with E-state index in [1.54, 1.807) is 0 Å². The molecule has 116 valence electrons. The maximum atomic E-state index is 3.96. The van der Waals surface area contributed by atoms with E-state index in [0.717, 1.165) is 18.6 Å². The Morgan fingerprint density at radius 2 is 1.76 bits per heavy atom. The monoisotopic (exact) mass is 287 g/mol. The van der Waals surface area contributed by atoms with Gasteiger partial charge in [-0.15, -0.1) is 0 Å². The molecular weight excluding hydrogens is 258 g/mol. The standard InChI is InChI=1S/C18H29N3/c1-20(2)13-18(14-7-5-4-6-8-14)19-15-11-16-9-10-17(12-15)21(16)3/h4-8,15-19H,9-13H2,1-3H3. The Morgan fingerprint density at radius 3 is 2.33 bits per heavy atom. The van der Waals surface area contributed by atoms with E-state index < -0.39 is 0 Å². The largest absolute Gasteiger partial charge is 0.308 e. The summed E-state index contributed by atoms with van der Waals surface area (Å²) in [4.78, 5) is 4.90. The molecule has 1 aromatic carbocycles. The number of rotatable bonds is 5. The zero-order valence-electron chi connectivity index (χ0n) is 13.6. The lowest BCUT2D eigenvalue weighted by Crippen LogP contribution is -2.49. The van der Waals surface area contributed by atoms with E-state index in [1.165, 1.54) is 31.2 Å². The Balaban J connectivity index is 1.68. The Labute approximate surface area is 129 Å². The summed E-state index contributed by atoms with van der Waals surface area (Å²) in [5.41, 5.74) is 1.41. The number of hydrogen-bond acceptors (Lipinski definition) is 3. The molecule has 0 spiro atoms. The summed E-state index contributed by atoms with van der Waals surface area (Å²) in [6.45, 7) is 1.06. The highest BCUT2D eigenvalue weighted by Gasteiger charge is 2.38. The summed E-state index contributed by atoms with van der Waals surface area (Å²) in [5.74, 6) is 0. The van der Waals surface area contributed by atoms with Gasteiger partial charge in [0.25, 0.3) is 0 Å². The van der Waals surface area contributed by atoms with Crippen molar-refractivity contribution in [1.82, 2.24) is 15.1 Å². The van der Waals surface area contributed by atoms with E-state index in [1.807, 2.05) is 0 Å². The van der Waals surface area contributed by atoms with Gasteiger partial charge in [-0.05, 0) is 52.4 Å². The number of hydrogen-bond donors (Lipinski definition) is 1. The zero-order valence-corrected chi connectivity index (χ0v) is 13.6. The number of nitrogens with zero attached hydrogens (tertiary/aromatic N) is 2. The maximum Gasteiger partial charge on any atom is 0.0451 e. The van der Waals surface area contributed by atoms with Crippen molar-refractivity contribution in [2.75, 3.05) is 27.7 Å². The molecule has 1 N–H and O–H groups in total. The van der Waals surface area contributed by atoms with Crippen molar-refractivity contribution in [3.8, 4) is 0 Å². The fourth-order valence-electron chi connectivity index (χ4n) is 4.14. The lowest BCUT2D eigenvalue weighted by molar-refractivity contribution is 0.139. The normalized spacial score (nSPS) is 30.8. The summed E-state index contributed by atoms with van der Waals surface area (Å²) >= 11 is 0. The van der Waals surface area contributed by atoms with Crippen LogP contribution in [0.1, 0.15) is 37.3 Å². The molecule has 2 aliphatic heterocycles. The van der Waals surface area contributed by atoms with Crippen LogP contribution < -0.4 is 5.32 Å². The molecule has 2 fully saturated rings. The van der Waals surface area contributed by atoms with Crippen molar-refractivity contribution in [1.29, 1.82) is 0 Å². The summed E-state index contributed by atoms with van der Waals surface area (Å²) in [7, 11) is 6.64. The van der Waals surface area contributed by atoms with Gasteiger partial charge in [0.05, 0.1) is 0 Å². The number of benzene rings is 1. The number of likely N-dealkylation sites (N-methyl/N-ethyl adjacent to an activating group) is 1. The van der Waals surface area contributed by atoms with Gasteiger partial charge in [0.2, 0.25) is 0 Å². The minimum absolute atomic E-state index is 0.439. The van der Waals surface area contributed by atoms with Gasteiger partial charge in [-0.3, -0.25) is 0 Å². The van der Waals surface area contributed by atoms with Crippen LogP contribution in [0.3, 0.4) is 0 Å². The molecule has 3 unspecified atom stereocenters. The molecule has 2 aliphatic rings. The third kappa shape index (κ3) is 3.47. The van der Waals surface area contributed by atoms with Crippen LogP contribution in [0.25, 0.3) is 0 Å². The van der Waals surface area contributed by atoms with E-state index >= 15 is 0 Å². The minimum Gasteiger partial charge on any atom is -0.308 e. The first-order valence-corrected chi connectivity index (χ1v) is 8.31. The first-order chi connectivity index (χ1) is 10.1. The molecule has 0 radical (unpaired) electrons. The van der Waals surface area contributed by atoms with E-state index in [0.29, 0.717) is 12.1 Å². The smallest absolute Gasteiger partial charge is 0.0451 e. The zero-order chi connectivity index (χ0) is 14.8. The van der Waals surface area contributed by atoms with E-state index in [9.17, 15) is 0 Å². The van der Waals surface area contributed by atoms with Crippen LogP contribution in [0.4, 0.5) is 0 Å². The van der Waals surface area contributed by atoms with Crippen molar-refractivity contribution in [2.24, 2.45) is 0 Å². The van der Waals surface area contributed by atoms with Gasteiger partial charge in [-0.1, -0.05) is 30.3 Å². The number of nitrogens with one attached hydrogen (secondary N) is 1. The van der Waals surface area contributed by atoms with Gasteiger partial charge in [0, 0.05) is 30.7 Å². The van der Waals surface area contributed by atoms with Crippen molar-refractivity contribution < 1.29 is 0 Å². The molecule has 0 amide bonds. The third-order valence-electron chi connectivity index (χ3n) is 5.28. The maximum absolute atomic E-state index is 3.96. The summed E-state index contributed by atoms with van der Waals surface area (Å²) in [6, 6.07) is 13.6.